The molecule has 172 valence electrons. The van der Waals surface area contributed by atoms with Crippen LogP contribution in [-0.4, -0.2) is 45.4 Å². The predicted octanol–water partition coefficient (Wildman–Crippen LogP) is 4.40. The average molecular weight is 457 g/mol. The van der Waals surface area contributed by atoms with Gasteiger partial charge in [-0.05, 0) is 31.0 Å². The number of nitrogens with one attached hydrogen (secondary N) is 1. The Bertz CT molecular complexity index is 1200. The molecular formula is C23H24F3N6O+. The standard InChI is InChI=1S/C23H24F3N6O/c1-32(2)14-7-5-13(6-8-14)30-23-29-11-9-17(31-23)15-4-3-10-28-22(15)33-18-12-16(24)21(27)20(26)19(18)25/h3-4,9-13H,5-8,27H2,1-2H3,(H,29,30,31)/q+1. The van der Waals surface area contributed by atoms with Crippen molar-refractivity contribution in [3.05, 3.63) is 54.1 Å². The first-order valence-corrected chi connectivity index (χ1v) is 10.5. The first kappa shape index (κ1) is 22.5. The van der Waals surface area contributed by atoms with E-state index >= 15 is 0 Å². The summed E-state index contributed by atoms with van der Waals surface area (Å²) in [6.45, 7) is 0. The second-order valence-corrected chi connectivity index (χ2v) is 8.00. The van der Waals surface area contributed by atoms with Crippen LogP contribution in [0.15, 0.2) is 36.7 Å². The number of aromatic nitrogens is 3. The van der Waals surface area contributed by atoms with Gasteiger partial charge in [-0.25, -0.2) is 28.3 Å². The Morgan fingerprint density at radius 3 is 2.55 bits per heavy atom. The van der Waals surface area contributed by atoms with Crippen molar-refractivity contribution in [1.29, 1.82) is 0 Å². The maximum atomic E-state index is 14.2. The van der Waals surface area contributed by atoms with Crippen molar-refractivity contribution < 1.29 is 22.5 Å². The molecule has 1 aliphatic carbocycles. The zero-order chi connectivity index (χ0) is 23.5. The highest BCUT2D eigenvalue weighted by Crippen LogP contribution is 2.34. The van der Waals surface area contributed by atoms with Gasteiger partial charge in [0.2, 0.25) is 17.6 Å². The summed E-state index contributed by atoms with van der Waals surface area (Å²) >= 11 is 0. The zero-order valence-corrected chi connectivity index (χ0v) is 18.3. The summed E-state index contributed by atoms with van der Waals surface area (Å²) in [5.74, 6) is -4.33. The van der Waals surface area contributed by atoms with Crippen LogP contribution in [0.1, 0.15) is 25.7 Å². The lowest BCUT2D eigenvalue weighted by atomic mass is 9.93. The maximum Gasteiger partial charge on any atom is 0.228 e. The molecule has 0 radical (unpaired) electrons. The molecule has 2 heterocycles. The zero-order valence-electron chi connectivity index (χ0n) is 18.3. The number of halogens is 3. The van der Waals surface area contributed by atoms with E-state index in [0.29, 0.717) is 23.3 Å². The molecule has 3 N–H and O–H groups in total. The van der Waals surface area contributed by atoms with Crippen molar-refractivity contribution in [3.8, 4) is 22.9 Å². The van der Waals surface area contributed by atoms with Gasteiger partial charge in [0.05, 0.1) is 11.3 Å². The summed E-state index contributed by atoms with van der Waals surface area (Å²) in [4.78, 5) is 12.9. The fourth-order valence-corrected chi connectivity index (χ4v) is 3.74. The average Bonchev–Trinajstić information content (AvgIpc) is 2.82. The van der Waals surface area contributed by atoms with E-state index in [9.17, 15) is 13.2 Å². The van der Waals surface area contributed by atoms with Crippen LogP contribution in [0.2, 0.25) is 0 Å². The Morgan fingerprint density at radius 2 is 1.82 bits per heavy atom. The molecule has 1 saturated carbocycles. The Labute approximate surface area is 189 Å². The molecule has 1 aromatic carbocycles. The van der Waals surface area contributed by atoms with E-state index < -0.39 is 28.9 Å². The van der Waals surface area contributed by atoms with Gasteiger partial charge in [-0.1, -0.05) is 0 Å². The Hall–Kier alpha value is -3.69. The minimum absolute atomic E-state index is 0.0625. The minimum Gasteiger partial charge on any atom is -0.435 e. The largest absolute Gasteiger partial charge is 0.435 e. The van der Waals surface area contributed by atoms with Gasteiger partial charge < -0.3 is 15.8 Å². The van der Waals surface area contributed by atoms with Crippen LogP contribution in [0, 0.1) is 17.5 Å². The number of pyridine rings is 1. The van der Waals surface area contributed by atoms with Gasteiger partial charge >= 0.3 is 0 Å². The Kier molecular flexibility index (Phi) is 6.43. The Morgan fingerprint density at radius 1 is 1.06 bits per heavy atom. The molecule has 0 spiro atoms. The lowest BCUT2D eigenvalue weighted by Gasteiger charge is -2.23. The lowest BCUT2D eigenvalue weighted by Crippen LogP contribution is -2.29. The van der Waals surface area contributed by atoms with Gasteiger partial charge in [0.15, 0.2) is 23.1 Å². The first-order valence-electron chi connectivity index (χ1n) is 10.5. The number of nitrogen functional groups attached to an aromatic ring is 1. The molecule has 2 aromatic heterocycles. The van der Waals surface area contributed by atoms with E-state index in [2.05, 4.69) is 38.9 Å². The Balaban J connectivity index is 1.57. The van der Waals surface area contributed by atoms with Crippen LogP contribution in [0.4, 0.5) is 24.8 Å². The molecule has 7 nitrogen and oxygen atoms in total. The highest BCUT2D eigenvalue weighted by molar-refractivity contribution is 5.80. The number of nitrogens with zero attached hydrogens (tertiary/aromatic N) is 4. The van der Waals surface area contributed by atoms with Crippen LogP contribution in [0.5, 0.6) is 11.6 Å². The SMILES string of the molecule is C[N+](C)=C1CCC(Nc2nccc(-c3cccnc3Oc3cc(F)c(N)c(F)c3F)n2)CC1. The molecule has 3 aromatic rings. The molecule has 4 rings (SSSR count). The summed E-state index contributed by atoms with van der Waals surface area (Å²) in [6, 6.07) is 5.88. The van der Waals surface area contributed by atoms with Gasteiger partial charge in [0, 0.05) is 37.3 Å². The molecule has 0 saturated heterocycles. The van der Waals surface area contributed by atoms with E-state index in [1.54, 1.807) is 24.4 Å². The van der Waals surface area contributed by atoms with Gasteiger partial charge in [0.1, 0.15) is 19.8 Å². The number of benzene rings is 1. The monoisotopic (exact) mass is 457 g/mol. The molecular weight excluding hydrogens is 433 g/mol. The van der Waals surface area contributed by atoms with E-state index in [1.165, 1.54) is 11.9 Å². The molecule has 33 heavy (non-hydrogen) atoms. The van der Waals surface area contributed by atoms with E-state index in [4.69, 9.17) is 10.5 Å². The van der Waals surface area contributed by atoms with Crippen molar-refractivity contribution in [2.45, 2.75) is 31.7 Å². The minimum atomic E-state index is -1.52. The molecule has 0 bridgehead atoms. The predicted molar refractivity (Wildman–Crippen MR) is 119 cm³/mol. The quantitative estimate of drug-likeness (QED) is 0.335. The fourth-order valence-electron chi connectivity index (χ4n) is 3.74. The van der Waals surface area contributed by atoms with E-state index in [-0.39, 0.29) is 11.9 Å². The van der Waals surface area contributed by atoms with Gasteiger partial charge in [-0.3, -0.25) is 0 Å². The molecule has 0 atom stereocenters. The van der Waals surface area contributed by atoms with Crippen LogP contribution in [-0.2, 0) is 0 Å². The van der Waals surface area contributed by atoms with Crippen molar-refractivity contribution in [1.82, 2.24) is 15.0 Å². The number of hydrogen-bond donors (Lipinski definition) is 2. The number of rotatable bonds is 5. The van der Waals surface area contributed by atoms with Gasteiger partial charge in [-0.15, -0.1) is 0 Å². The third-order valence-corrected chi connectivity index (χ3v) is 5.60. The van der Waals surface area contributed by atoms with Crippen LogP contribution < -0.4 is 15.8 Å². The lowest BCUT2D eigenvalue weighted by molar-refractivity contribution is -0.467. The van der Waals surface area contributed by atoms with E-state index in [1.807, 2.05) is 0 Å². The summed E-state index contributed by atoms with van der Waals surface area (Å²) in [6.07, 6.45) is 6.95. The second kappa shape index (κ2) is 9.43. The molecule has 0 unspecified atom stereocenters. The molecule has 1 aliphatic rings. The van der Waals surface area contributed by atoms with Crippen molar-refractivity contribution in [2.75, 3.05) is 25.1 Å². The fraction of sp³-hybridized carbons (Fsp3) is 0.304. The molecule has 0 aliphatic heterocycles. The van der Waals surface area contributed by atoms with Gasteiger partial charge in [-0.2, -0.15) is 4.39 Å². The van der Waals surface area contributed by atoms with Crippen LogP contribution in [0.25, 0.3) is 11.3 Å². The summed E-state index contributed by atoms with van der Waals surface area (Å²) in [5, 5.41) is 3.36. The smallest absolute Gasteiger partial charge is 0.228 e. The number of anilines is 2. The van der Waals surface area contributed by atoms with Crippen molar-refractivity contribution in [3.63, 3.8) is 0 Å². The normalized spacial score (nSPS) is 15.9. The number of ether oxygens (including phenoxy) is 1. The summed E-state index contributed by atoms with van der Waals surface area (Å²) in [5.41, 5.74) is 6.57. The molecule has 10 heteroatoms. The summed E-state index contributed by atoms with van der Waals surface area (Å²) < 4.78 is 49.5. The van der Waals surface area contributed by atoms with Crippen LogP contribution in [0.3, 0.4) is 0 Å². The van der Waals surface area contributed by atoms with Crippen LogP contribution >= 0.6 is 0 Å². The van der Waals surface area contributed by atoms with Crippen molar-refractivity contribution >= 4 is 17.3 Å². The maximum absolute atomic E-state index is 14.2. The second-order valence-electron chi connectivity index (χ2n) is 8.00. The highest BCUT2D eigenvalue weighted by Gasteiger charge is 2.23. The number of nitrogens with two attached hydrogens (primary N) is 1. The molecule has 1 fully saturated rings. The highest BCUT2D eigenvalue weighted by atomic mass is 19.2. The number of hydrogen-bond acceptors (Lipinski definition) is 6. The van der Waals surface area contributed by atoms with E-state index in [0.717, 1.165) is 25.7 Å². The third kappa shape index (κ3) is 4.89. The first-order chi connectivity index (χ1) is 15.8. The topological polar surface area (TPSA) is 89.0 Å². The molecule has 0 amide bonds. The third-order valence-electron chi connectivity index (χ3n) is 5.60. The van der Waals surface area contributed by atoms with Crippen molar-refractivity contribution in [2.24, 2.45) is 0 Å². The van der Waals surface area contributed by atoms with Gasteiger partial charge in [0.25, 0.3) is 0 Å². The summed E-state index contributed by atoms with van der Waals surface area (Å²) in [7, 11) is 4.12.